The molecule has 1 aliphatic carbocycles. The first-order chi connectivity index (χ1) is 11.0. The van der Waals surface area contributed by atoms with Gasteiger partial charge in [-0.05, 0) is 38.2 Å². The van der Waals surface area contributed by atoms with Gasteiger partial charge in [-0.25, -0.2) is 0 Å². The summed E-state index contributed by atoms with van der Waals surface area (Å²) in [6.45, 7) is 2.31. The van der Waals surface area contributed by atoms with E-state index in [0.29, 0.717) is 13.0 Å². The molecule has 0 aliphatic heterocycles. The lowest BCUT2D eigenvalue weighted by molar-refractivity contribution is -0.145. The maximum Gasteiger partial charge on any atom is 0.310 e. The maximum absolute atomic E-state index is 12.2. The summed E-state index contributed by atoms with van der Waals surface area (Å²) >= 11 is 0. The fourth-order valence-electron chi connectivity index (χ4n) is 3.15. The summed E-state index contributed by atoms with van der Waals surface area (Å²) < 4.78 is 4.88. The van der Waals surface area contributed by atoms with E-state index in [-0.39, 0.29) is 29.8 Å². The number of ether oxygens (including phenoxy) is 1. The summed E-state index contributed by atoms with van der Waals surface area (Å²) in [5, 5.41) is 2.90. The highest BCUT2D eigenvalue weighted by molar-refractivity contribution is 5.80. The molecule has 5 heteroatoms. The molecule has 3 atom stereocenters. The van der Waals surface area contributed by atoms with Crippen molar-refractivity contribution in [3.63, 3.8) is 0 Å². The van der Waals surface area contributed by atoms with Crippen LogP contribution in [0.5, 0.6) is 0 Å². The topological polar surface area (TPSA) is 81.4 Å². The van der Waals surface area contributed by atoms with Gasteiger partial charge in [-0.2, -0.15) is 0 Å². The molecule has 0 bridgehead atoms. The molecule has 0 spiro atoms. The zero-order chi connectivity index (χ0) is 16.8. The molecule has 1 aliphatic rings. The van der Waals surface area contributed by atoms with Gasteiger partial charge in [0.2, 0.25) is 5.91 Å². The fourth-order valence-corrected chi connectivity index (χ4v) is 3.15. The molecule has 1 saturated carbocycles. The van der Waals surface area contributed by atoms with Crippen LogP contribution in [0.2, 0.25) is 0 Å². The Morgan fingerprint density at radius 2 is 2.17 bits per heavy atom. The average Bonchev–Trinajstić information content (AvgIpc) is 2.97. The van der Waals surface area contributed by atoms with Crippen LogP contribution in [-0.2, 0) is 20.7 Å². The molecule has 0 aromatic heterocycles. The Balaban J connectivity index is 1.93. The van der Waals surface area contributed by atoms with E-state index in [2.05, 4.69) is 5.32 Å². The van der Waals surface area contributed by atoms with Crippen molar-refractivity contribution in [2.45, 2.75) is 38.6 Å². The van der Waals surface area contributed by atoms with Crippen LogP contribution in [0, 0.1) is 18.8 Å². The van der Waals surface area contributed by atoms with Gasteiger partial charge in [-0.3, -0.25) is 9.59 Å². The van der Waals surface area contributed by atoms with Crippen LogP contribution in [0.4, 0.5) is 0 Å². The highest BCUT2D eigenvalue weighted by atomic mass is 16.5. The summed E-state index contributed by atoms with van der Waals surface area (Å²) in [5.74, 6) is -0.700. The first-order valence-corrected chi connectivity index (χ1v) is 8.16. The third-order valence-electron chi connectivity index (χ3n) is 4.47. The predicted molar refractivity (Wildman–Crippen MR) is 88.7 cm³/mol. The molecule has 0 heterocycles. The van der Waals surface area contributed by atoms with E-state index in [9.17, 15) is 9.59 Å². The third-order valence-corrected chi connectivity index (χ3v) is 4.47. The van der Waals surface area contributed by atoms with Crippen molar-refractivity contribution in [2.24, 2.45) is 17.6 Å². The Kier molecular flexibility index (Phi) is 6.16. The lowest BCUT2D eigenvalue weighted by Crippen LogP contribution is -2.37. The van der Waals surface area contributed by atoms with Gasteiger partial charge in [0, 0.05) is 18.5 Å². The molecule has 5 nitrogen and oxygen atoms in total. The van der Waals surface area contributed by atoms with E-state index in [1.165, 1.54) is 7.11 Å². The molecule has 0 radical (unpaired) electrons. The van der Waals surface area contributed by atoms with E-state index >= 15 is 0 Å². The summed E-state index contributed by atoms with van der Waals surface area (Å²) in [7, 11) is 1.38. The van der Waals surface area contributed by atoms with Crippen LogP contribution >= 0.6 is 0 Å². The van der Waals surface area contributed by atoms with Gasteiger partial charge in [-0.1, -0.05) is 29.8 Å². The minimum atomic E-state index is -0.374. The van der Waals surface area contributed by atoms with Gasteiger partial charge < -0.3 is 15.8 Å². The monoisotopic (exact) mass is 318 g/mol. The van der Waals surface area contributed by atoms with Crippen molar-refractivity contribution in [3.8, 4) is 0 Å². The number of benzene rings is 1. The first kappa shape index (κ1) is 17.5. The molecule has 1 aromatic rings. The number of carbonyl (C=O) groups is 2. The molecule has 2 rings (SSSR count). The first-order valence-electron chi connectivity index (χ1n) is 8.16. The van der Waals surface area contributed by atoms with Crippen LogP contribution in [0.25, 0.3) is 0 Å². The molecule has 3 unspecified atom stereocenters. The number of hydrogen-bond donors (Lipinski definition) is 2. The molecule has 126 valence electrons. The molecule has 1 amide bonds. The second kappa shape index (κ2) is 8.11. The standard InChI is InChI=1S/C18H26N2O3/c1-12-4-3-5-13(8-12)9-15(18(22)23-2)11-20-17(21)14-6-7-16(19)10-14/h3-5,8,14-16H,6-7,9-11,19H2,1-2H3,(H,20,21). The predicted octanol–water partition coefficient (Wildman–Crippen LogP) is 1.57. The van der Waals surface area contributed by atoms with Gasteiger partial charge >= 0.3 is 5.97 Å². The van der Waals surface area contributed by atoms with Gasteiger partial charge in [0.15, 0.2) is 0 Å². The zero-order valence-corrected chi connectivity index (χ0v) is 13.9. The van der Waals surface area contributed by atoms with Crippen molar-refractivity contribution in [2.75, 3.05) is 13.7 Å². The lowest BCUT2D eigenvalue weighted by atomic mass is 9.97. The Hall–Kier alpha value is -1.88. The SMILES string of the molecule is COC(=O)C(CNC(=O)C1CCC(N)C1)Cc1cccc(C)c1. The van der Waals surface area contributed by atoms with Gasteiger partial charge in [0.25, 0.3) is 0 Å². The highest BCUT2D eigenvalue weighted by Crippen LogP contribution is 2.24. The molecule has 1 fully saturated rings. The third kappa shape index (κ3) is 5.06. The second-order valence-electron chi connectivity index (χ2n) is 6.43. The normalized spacial score (nSPS) is 21.7. The molecule has 23 heavy (non-hydrogen) atoms. The van der Waals surface area contributed by atoms with Crippen molar-refractivity contribution in [1.29, 1.82) is 0 Å². The van der Waals surface area contributed by atoms with Crippen LogP contribution in [0.1, 0.15) is 30.4 Å². The Morgan fingerprint density at radius 1 is 1.39 bits per heavy atom. The number of carbonyl (C=O) groups excluding carboxylic acids is 2. The van der Waals surface area contributed by atoms with E-state index in [0.717, 1.165) is 30.4 Å². The smallest absolute Gasteiger partial charge is 0.310 e. The average molecular weight is 318 g/mol. The van der Waals surface area contributed by atoms with E-state index in [1.54, 1.807) is 0 Å². The van der Waals surface area contributed by atoms with Crippen molar-refractivity contribution >= 4 is 11.9 Å². The molecule has 1 aromatic carbocycles. The summed E-state index contributed by atoms with van der Waals surface area (Å²) in [6.07, 6.45) is 3.00. The van der Waals surface area contributed by atoms with Crippen LogP contribution < -0.4 is 11.1 Å². The van der Waals surface area contributed by atoms with Crippen LogP contribution in [0.15, 0.2) is 24.3 Å². The van der Waals surface area contributed by atoms with Crippen LogP contribution in [-0.4, -0.2) is 31.6 Å². The van der Waals surface area contributed by atoms with Gasteiger partial charge in [0.1, 0.15) is 0 Å². The number of amides is 1. The highest BCUT2D eigenvalue weighted by Gasteiger charge is 2.29. The van der Waals surface area contributed by atoms with E-state index in [4.69, 9.17) is 10.5 Å². The van der Waals surface area contributed by atoms with Crippen molar-refractivity contribution < 1.29 is 14.3 Å². The number of aryl methyl sites for hydroxylation is 1. The number of methoxy groups -OCH3 is 1. The van der Waals surface area contributed by atoms with E-state index in [1.807, 2.05) is 31.2 Å². The number of nitrogens with one attached hydrogen (secondary N) is 1. The quantitative estimate of drug-likeness (QED) is 0.780. The van der Waals surface area contributed by atoms with E-state index < -0.39 is 0 Å². The molecule has 0 saturated heterocycles. The number of hydrogen-bond acceptors (Lipinski definition) is 4. The number of nitrogens with two attached hydrogens (primary N) is 1. The summed E-state index contributed by atoms with van der Waals surface area (Å²) in [6, 6.07) is 8.14. The molecular formula is C18H26N2O3. The number of rotatable bonds is 6. The minimum absolute atomic E-state index is 0.00362. The molecule has 3 N–H and O–H groups in total. The minimum Gasteiger partial charge on any atom is -0.469 e. The second-order valence-corrected chi connectivity index (χ2v) is 6.43. The summed E-state index contributed by atoms with van der Waals surface area (Å²) in [4.78, 5) is 24.2. The Labute approximate surface area is 137 Å². The van der Waals surface area contributed by atoms with Gasteiger partial charge in [-0.15, -0.1) is 0 Å². The molecular weight excluding hydrogens is 292 g/mol. The maximum atomic E-state index is 12.2. The largest absolute Gasteiger partial charge is 0.469 e. The number of esters is 1. The zero-order valence-electron chi connectivity index (χ0n) is 13.9. The van der Waals surface area contributed by atoms with Gasteiger partial charge in [0.05, 0.1) is 13.0 Å². The Morgan fingerprint density at radius 3 is 2.78 bits per heavy atom. The summed E-state index contributed by atoms with van der Waals surface area (Å²) in [5.41, 5.74) is 8.07. The van der Waals surface area contributed by atoms with Crippen molar-refractivity contribution in [1.82, 2.24) is 5.32 Å². The fraction of sp³-hybridized carbons (Fsp3) is 0.556. The van der Waals surface area contributed by atoms with Crippen molar-refractivity contribution in [3.05, 3.63) is 35.4 Å². The Bertz CT molecular complexity index is 559. The lowest BCUT2D eigenvalue weighted by Gasteiger charge is -2.17. The van der Waals surface area contributed by atoms with Crippen LogP contribution in [0.3, 0.4) is 0 Å².